The number of amides is 1. The van der Waals surface area contributed by atoms with E-state index in [9.17, 15) is 22.4 Å². The van der Waals surface area contributed by atoms with Gasteiger partial charge in [0.2, 0.25) is 11.8 Å². The maximum atomic E-state index is 13.8. The molecule has 4 rings (SSSR count). The number of nitriles is 1. The highest BCUT2D eigenvalue weighted by Gasteiger charge is 2.45. The summed E-state index contributed by atoms with van der Waals surface area (Å²) in [6.45, 7) is 0.287. The van der Waals surface area contributed by atoms with Gasteiger partial charge in [-0.2, -0.15) is 10.4 Å². The molecule has 1 aliphatic carbocycles. The summed E-state index contributed by atoms with van der Waals surface area (Å²) in [7, 11) is 0. The Morgan fingerprint density at radius 1 is 1.15 bits per heavy atom. The van der Waals surface area contributed by atoms with Gasteiger partial charge in [0.05, 0.1) is 19.6 Å². The number of hydrogen-bond acceptors (Lipinski definition) is 4. The van der Waals surface area contributed by atoms with E-state index in [2.05, 4.69) is 10.4 Å². The summed E-state index contributed by atoms with van der Waals surface area (Å²) in [5.41, 5.74) is 0.367. The zero-order valence-electron chi connectivity index (χ0n) is 17.9. The van der Waals surface area contributed by atoms with E-state index in [1.54, 1.807) is 36.5 Å². The molecule has 176 valence electrons. The number of rotatable bonds is 8. The van der Waals surface area contributed by atoms with Gasteiger partial charge in [-0.25, -0.2) is 17.6 Å². The van der Waals surface area contributed by atoms with Crippen LogP contribution in [0.25, 0.3) is 0 Å². The monoisotopic (exact) mass is 472 g/mol. The zero-order valence-corrected chi connectivity index (χ0v) is 17.9. The van der Waals surface area contributed by atoms with Gasteiger partial charge >= 0.3 is 0 Å². The van der Waals surface area contributed by atoms with Crippen molar-refractivity contribution in [3.63, 3.8) is 0 Å². The van der Waals surface area contributed by atoms with Gasteiger partial charge < -0.3 is 10.1 Å². The van der Waals surface area contributed by atoms with E-state index in [1.165, 1.54) is 10.8 Å². The van der Waals surface area contributed by atoms with Gasteiger partial charge in [0.15, 0.2) is 5.82 Å². The largest absolute Gasteiger partial charge is 0.493 e. The minimum absolute atomic E-state index is 0.0510. The lowest BCUT2D eigenvalue weighted by molar-refractivity contribution is -0.119. The van der Waals surface area contributed by atoms with Crippen molar-refractivity contribution in [2.75, 3.05) is 11.9 Å². The third-order valence-corrected chi connectivity index (χ3v) is 5.41. The fourth-order valence-electron chi connectivity index (χ4n) is 3.72. The van der Waals surface area contributed by atoms with Gasteiger partial charge in [-0.15, -0.1) is 0 Å². The molecular weight excluding hydrogens is 452 g/mol. The van der Waals surface area contributed by atoms with E-state index in [-0.39, 0.29) is 55.6 Å². The van der Waals surface area contributed by atoms with Crippen LogP contribution in [0.4, 0.5) is 23.4 Å². The first-order valence-electron chi connectivity index (χ1n) is 10.5. The van der Waals surface area contributed by atoms with Crippen molar-refractivity contribution in [1.29, 1.82) is 5.26 Å². The van der Waals surface area contributed by atoms with E-state index in [0.717, 1.165) is 17.7 Å². The maximum Gasteiger partial charge on any atom is 0.248 e. The first kappa shape index (κ1) is 23.3. The summed E-state index contributed by atoms with van der Waals surface area (Å²) < 4.78 is 60.2. The average Bonchev–Trinajstić information content (AvgIpc) is 3.18. The van der Waals surface area contributed by atoms with Crippen LogP contribution in [0, 0.1) is 28.9 Å². The third kappa shape index (κ3) is 5.73. The number of benzene rings is 2. The molecule has 0 saturated heterocycles. The predicted molar refractivity (Wildman–Crippen MR) is 114 cm³/mol. The Morgan fingerprint density at radius 3 is 2.44 bits per heavy atom. The zero-order chi connectivity index (χ0) is 24.3. The average molecular weight is 472 g/mol. The second kappa shape index (κ2) is 9.55. The number of hydrogen-bond donors (Lipinski definition) is 1. The molecular formula is C24H20F4N4O2. The fraction of sp³-hybridized carbons (Fsp3) is 0.292. The first-order chi connectivity index (χ1) is 16.2. The number of nitrogens with one attached hydrogen (secondary N) is 1. The van der Waals surface area contributed by atoms with Crippen LogP contribution < -0.4 is 10.1 Å². The lowest BCUT2D eigenvalue weighted by Crippen LogP contribution is -2.38. The van der Waals surface area contributed by atoms with Gasteiger partial charge in [-0.1, -0.05) is 12.1 Å². The summed E-state index contributed by atoms with van der Waals surface area (Å²) in [5, 5.41) is 15.6. The highest BCUT2D eigenvalue weighted by molar-refractivity contribution is 5.91. The molecule has 0 radical (unpaired) electrons. The van der Waals surface area contributed by atoms with Crippen molar-refractivity contribution in [2.45, 2.75) is 31.7 Å². The molecule has 1 heterocycles. The number of alkyl halides is 2. The Labute approximate surface area is 192 Å². The number of carbonyl (C=O) groups excluding carboxylic acids is 1. The van der Waals surface area contributed by atoms with Crippen molar-refractivity contribution in [2.24, 2.45) is 5.92 Å². The van der Waals surface area contributed by atoms with E-state index in [1.807, 2.05) is 0 Å². The van der Waals surface area contributed by atoms with Crippen molar-refractivity contribution in [3.8, 4) is 11.8 Å². The van der Waals surface area contributed by atoms with Crippen molar-refractivity contribution in [1.82, 2.24) is 9.78 Å². The van der Waals surface area contributed by atoms with E-state index < -0.39 is 23.1 Å². The van der Waals surface area contributed by atoms with Crippen LogP contribution in [0.5, 0.6) is 5.75 Å². The second-order valence-corrected chi connectivity index (χ2v) is 8.25. The topological polar surface area (TPSA) is 79.9 Å². The Balaban J connectivity index is 1.26. The minimum atomic E-state index is -2.57. The van der Waals surface area contributed by atoms with Crippen LogP contribution in [-0.2, 0) is 17.8 Å². The number of ether oxygens (including phenoxy) is 1. The summed E-state index contributed by atoms with van der Waals surface area (Å²) in [6, 6.07) is 12.0. The Kier molecular flexibility index (Phi) is 6.54. The summed E-state index contributed by atoms with van der Waals surface area (Å²) in [5.74, 6) is -4.09. The van der Waals surface area contributed by atoms with Crippen LogP contribution in [0.3, 0.4) is 0 Å². The molecule has 1 amide bonds. The van der Waals surface area contributed by atoms with E-state index >= 15 is 0 Å². The molecule has 1 saturated carbocycles. The molecule has 0 atom stereocenters. The second-order valence-electron chi connectivity index (χ2n) is 8.25. The Bertz CT molecular complexity index is 1200. The molecule has 0 aliphatic heterocycles. The normalized spacial score (nSPS) is 14.8. The molecule has 1 N–H and O–H groups in total. The maximum absolute atomic E-state index is 13.8. The van der Waals surface area contributed by atoms with Crippen molar-refractivity contribution >= 4 is 11.7 Å². The standard InChI is InChI=1S/C24H20F4N4O2/c25-20-7-16(8-21(26)19(20)12-29)13-32-6-5-22(31-32)30-23(33)9-15-1-3-18(4-2-15)34-14-17-10-24(27,28)11-17/h1-8,17H,9-11,13-14H2,(H,30,31,33). The fourth-order valence-corrected chi connectivity index (χ4v) is 3.72. The highest BCUT2D eigenvalue weighted by Crippen LogP contribution is 2.42. The number of nitrogens with zero attached hydrogens (tertiary/aromatic N) is 3. The van der Waals surface area contributed by atoms with E-state index in [4.69, 9.17) is 10.00 Å². The molecule has 2 aromatic carbocycles. The molecule has 0 spiro atoms. The first-order valence-corrected chi connectivity index (χ1v) is 10.5. The quantitative estimate of drug-likeness (QED) is 0.483. The van der Waals surface area contributed by atoms with Crippen LogP contribution in [-0.4, -0.2) is 28.2 Å². The molecule has 0 unspecified atom stereocenters. The third-order valence-electron chi connectivity index (χ3n) is 5.41. The molecule has 34 heavy (non-hydrogen) atoms. The van der Waals surface area contributed by atoms with Gasteiger partial charge in [0.1, 0.15) is 29.0 Å². The van der Waals surface area contributed by atoms with Crippen molar-refractivity contribution in [3.05, 3.63) is 77.0 Å². The molecule has 3 aromatic rings. The predicted octanol–water partition coefficient (Wildman–Crippen LogP) is 4.69. The Hall–Kier alpha value is -3.87. The number of carbonyl (C=O) groups is 1. The highest BCUT2D eigenvalue weighted by atomic mass is 19.3. The molecule has 6 nitrogen and oxygen atoms in total. The van der Waals surface area contributed by atoms with Gasteiger partial charge in [-0.3, -0.25) is 9.48 Å². The molecule has 10 heteroatoms. The van der Waals surface area contributed by atoms with E-state index in [0.29, 0.717) is 5.75 Å². The Morgan fingerprint density at radius 2 is 1.82 bits per heavy atom. The number of halogens is 4. The molecule has 1 aliphatic rings. The SMILES string of the molecule is N#Cc1c(F)cc(Cn2ccc(NC(=O)Cc3ccc(OCC4CC(F)(F)C4)cc3)n2)cc1F. The lowest BCUT2D eigenvalue weighted by Gasteiger charge is -2.34. The molecule has 1 fully saturated rings. The summed E-state index contributed by atoms with van der Waals surface area (Å²) in [6.07, 6.45) is 1.33. The lowest BCUT2D eigenvalue weighted by atomic mass is 9.82. The number of aromatic nitrogens is 2. The number of anilines is 1. The molecule has 1 aromatic heterocycles. The minimum Gasteiger partial charge on any atom is -0.493 e. The summed E-state index contributed by atoms with van der Waals surface area (Å²) >= 11 is 0. The smallest absolute Gasteiger partial charge is 0.248 e. The van der Waals surface area contributed by atoms with Crippen LogP contribution in [0.1, 0.15) is 29.5 Å². The van der Waals surface area contributed by atoms with Gasteiger partial charge in [0.25, 0.3) is 0 Å². The van der Waals surface area contributed by atoms with Crippen molar-refractivity contribution < 1.29 is 27.1 Å². The van der Waals surface area contributed by atoms with Crippen LogP contribution >= 0.6 is 0 Å². The molecule has 0 bridgehead atoms. The van der Waals surface area contributed by atoms with Crippen LogP contribution in [0.15, 0.2) is 48.7 Å². The summed E-state index contributed by atoms with van der Waals surface area (Å²) in [4.78, 5) is 12.3. The van der Waals surface area contributed by atoms with Gasteiger partial charge in [0, 0.05) is 31.0 Å². The van der Waals surface area contributed by atoms with Gasteiger partial charge in [-0.05, 0) is 35.4 Å². The van der Waals surface area contributed by atoms with Crippen LogP contribution in [0.2, 0.25) is 0 Å².